The second-order valence-electron chi connectivity index (χ2n) is 8.10. The number of nitrogens with one attached hydrogen (secondary N) is 5. The van der Waals surface area contributed by atoms with Gasteiger partial charge in [-0.1, -0.05) is 24.3 Å². The molecular formula is C25H29N5O4S. The van der Waals surface area contributed by atoms with Crippen LogP contribution in [0.25, 0.3) is 10.1 Å². The molecule has 1 amide bonds. The van der Waals surface area contributed by atoms with Gasteiger partial charge in [0.25, 0.3) is 5.91 Å². The molecule has 6 N–H and O–H groups in total. The van der Waals surface area contributed by atoms with Crippen LogP contribution in [-0.4, -0.2) is 76.0 Å². The van der Waals surface area contributed by atoms with E-state index in [0.717, 1.165) is 4.70 Å². The molecule has 0 radical (unpaired) electrons. The molecule has 0 bridgehead atoms. The summed E-state index contributed by atoms with van der Waals surface area (Å²) in [4.78, 5) is 40.7. The second-order valence-corrected chi connectivity index (χ2v) is 9.15. The predicted octanol–water partition coefficient (Wildman–Crippen LogP) is 1.66. The van der Waals surface area contributed by atoms with Gasteiger partial charge in [-0.3, -0.25) is 14.4 Å². The molecule has 0 saturated heterocycles. The molecule has 0 saturated carbocycles. The minimum Gasteiger partial charge on any atom is -0.395 e. The van der Waals surface area contributed by atoms with E-state index in [1.165, 1.54) is 11.3 Å². The zero-order chi connectivity index (χ0) is 24.9. The quantitative estimate of drug-likeness (QED) is 0.137. The first-order chi connectivity index (χ1) is 17.0. The van der Waals surface area contributed by atoms with Gasteiger partial charge in [-0.2, -0.15) is 0 Å². The molecule has 35 heavy (non-hydrogen) atoms. The van der Waals surface area contributed by atoms with Crippen molar-refractivity contribution in [2.24, 2.45) is 0 Å². The first-order valence-corrected chi connectivity index (χ1v) is 12.3. The van der Waals surface area contributed by atoms with Crippen molar-refractivity contribution in [2.75, 3.05) is 64.1 Å². The molecule has 3 aromatic rings. The summed E-state index contributed by atoms with van der Waals surface area (Å²) in [6, 6.07) is 8.60. The maximum atomic E-state index is 13.8. The lowest BCUT2D eigenvalue weighted by Gasteiger charge is -2.25. The zero-order valence-electron chi connectivity index (χ0n) is 19.7. The topological polar surface area (TPSA) is 132 Å². The van der Waals surface area contributed by atoms with Gasteiger partial charge in [0.1, 0.15) is 0 Å². The number of carbonyl (C=O) groups is 3. The van der Waals surface area contributed by atoms with Crippen LogP contribution in [0.5, 0.6) is 0 Å². The molecule has 2 aromatic carbocycles. The Morgan fingerprint density at radius 3 is 2.00 bits per heavy atom. The van der Waals surface area contributed by atoms with Crippen molar-refractivity contribution in [3.8, 4) is 0 Å². The van der Waals surface area contributed by atoms with E-state index < -0.39 is 0 Å². The molecule has 1 heterocycles. The molecular weight excluding hydrogens is 466 g/mol. The zero-order valence-corrected chi connectivity index (χ0v) is 20.5. The number of thiophene rings is 1. The summed E-state index contributed by atoms with van der Waals surface area (Å²) in [5.74, 6) is -0.764. The molecule has 0 aliphatic heterocycles. The first-order valence-electron chi connectivity index (χ1n) is 11.5. The fraction of sp³-hybridized carbons (Fsp3) is 0.320. The Morgan fingerprint density at radius 2 is 1.43 bits per heavy atom. The molecule has 10 heteroatoms. The third-order valence-corrected chi connectivity index (χ3v) is 6.97. The van der Waals surface area contributed by atoms with Crippen molar-refractivity contribution in [3.63, 3.8) is 0 Å². The summed E-state index contributed by atoms with van der Waals surface area (Å²) in [6.45, 7) is 2.31. The molecule has 1 aliphatic rings. The summed E-state index contributed by atoms with van der Waals surface area (Å²) in [5.41, 5.74) is 2.51. The summed E-state index contributed by atoms with van der Waals surface area (Å²) in [7, 11) is 3.67. The maximum Gasteiger partial charge on any atom is 0.261 e. The number of aliphatic hydroxyl groups excluding tert-OH is 1. The van der Waals surface area contributed by atoms with E-state index >= 15 is 0 Å². The van der Waals surface area contributed by atoms with Crippen LogP contribution >= 0.6 is 11.3 Å². The number of fused-ring (bicyclic) bond motifs is 3. The highest BCUT2D eigenvalue weighted by Gasteiger charge is 2.36. The minimum atomic E-state index is -0.318. The van der Waals surface area contributed by atoms with Gasteiger partial charge in [0.05, 0.1) is 38.7 Å². The van der Waals surface area contributed by atoms with Crippen molar-refractivity contribution in [1.82, 2.24) is 16.0 Å². The van der Waals surface area contributed by atoms with E-state index in [1.54, 1.807) is 30.3 Å². The van der Waals surface area contributed by atoms with Crippen molar-refractivity contribution in [3.05, 3.63) is 57.5 Å². The van der Waals surface area contributed by atoms with Gasteiger partial charge in [-0.15, -0.1) is 11.3 Å². The summed E-state index contributed by atoms with van der Waals surface area (Å²) in [6.07, 6.45) is 0. The van der Waals surface area contributed by atoms with E-state index in [1.807, 2.05) is 14.1 Å². The molecule has 0 unspecified atom stereocenters. The van der Waals surface area contributed by atoms with Crippen molar-refractivity contribution in [1.29, 1.82) is 0 Å². The fourth-order valence-electron chi connectivity index (χ4n) is 4.21. The maximum absolute atomic E-state index is 13.8. The third-order valence-electron chi connectivity index (χ3n) is 5.82. The molecule has 0 spiro atoms. The van der Waals surface area contributed by atoms with Crippen molar-refractivity contribution < 1.29 is 19.5 Å². The van der Waals surface area contributed by atoms with Crippen LogP contribution in [-0.2, 0) is 0 Å². The molecule has 1 aromatic heterocycles. The van der Waals surface area contributed by atoms with Crippen LogP contribution in [0.2, 0.25) is 0 Å². The van der Waals surface area contributed by atoms with Crippen LogP contribution < -0.4 is 26.6 Å². The minimum absolute atomic E-state index is 0.135. The number of hydrogen-bond acceptors (Lipinski definition) is 9. The Bertz CT molecular complexity index is 1200. The average molecular weight is 496 g/mol. The van der Waals surface area contributed by atoms with Crippen LogP contribution in [0.4, 0.5) is 11.4 Å². The average Bonchev–Trinajstić information content (AvgIpc) is 3.32. The standard InChI is InChI=1S/C25H29N5O4S/c1-26-7-9-28-20-16-13-17(25(34)30-11-12-31)35-24(16)21(29-10-8-27-2)19-18(20)22(32)14-5-3-4-6-15(14)23(19)33/h3-6,13,26-29,31H,7-12H2,1-2H3,(H,30,34). The van der Waals surface area contributed by atoms with E-state index in [2.05, 4.69) is 26.6 Å². The molecule has 0 fully saturated rings. The van der Waals surface area contributed by atoms with Crippen LogP contribution in [0.1, 0.15) is 41.5 Å². The van der Waals surface area contributed by atoms with Gasteiger partial charge < -0.3 is 31.7 Å². The molecule has 0 atom stereocenters. The number of rotatable bonds is 11. The van der Waals surface area contributed by atoms with Crippen molar-refractivity contribution >= 4 is 50.3 Å². The Morgan fingerprint density at radius 1 is 0.857 bits per heavy atom. The summed E-state index contributed by atoms with van der Waals surface area (Å²) >= 11 is 1.26. The Labute approximate surface area is 207 Å². The summed E-state index contributed by atoms with van der Waals surface area (Å²) < 4.78 is 0.724. The lowest BCUT2D eigenvalue weighted by Crippen LogP contribution is -2.27. The molecule has 184 valence electrons. The number of hydrogen-bond donors (Lipinski definition) is 6. The van der Waals surface area contributed by atoms with E-state index in [-0.39, 0.29) is 30.6 Å². The number of carbonyl (C=O) groups excluding carboxylic acids is 3. The highest BCUT2D eigenvalue weighted by Crippen LogP contribution is 2.46. The number of aliphatic hydroxyl groups is 1. The molecule has 9 nitrogen and oxygen atoms in total. The lowest BCUT2D eigenvalue weighted by molar-refractivity contribution is 0.0948. The Balaban J connectivity index is 1.99. The van der Waals surface area contributed by atoms with Crippen LogP contribution in [0, 0.1) is 0 Å². The van der Waals surface area contributed by atoms with E-state index in [4.69, 9.17) is 5.11 Å². The third kappa shape index (κ3) is 4.65. The molecule has 1 aliphatic carbocycles. The number of benzene rings is 2. The second kappa shape index (κ2) is 11.0. The normalized spacial score (nSPS) is 12.4. The van der Waals surface area contributed by atoms with Gasteiger partial charge in [-0.25, -0.2) is 0 Å². The van der Waals surface area contributed by atoms with Crippen LogP contribution in [0.3, 0.4) is 0 Å². The van der Waals surface area contributed by atoms with Gasteiger partial charge in [0, 0.05) is 49.2 Å². The predicted molar refractivity (Wildman–Crippen MR) is 139 cm³/mol. The SMILES string of the molecule is CNCCNc1c2c(c(NCCNC)c3sc(C(=O)NCCO)cc13)C(=O)c1ccccc1C2=O. The first kappa shape index (κ1) is 24.8. The van der Waals surface area contributed by atoms with Crippen molar-refractivity contribution in [2.45, 2.75) is 0 Å². The largest absolute Gasteiger partial charge is 0.395 e. The molecule has 4 rings (SSSR count). The van der Waals surface area contributed by atoms with Gasteiger partial charge >= 0.3 is 0 Å². The smallest absolute Gasteiger partial charge is 0.261 e. The highest BCUT2D eigenvalue weighted by molar-refractivity contribution is 7.21. The van der Waals surface area contributed by atoms with Crippen LogP contribution in [0.15, 0.2) is 30.3 Å². The Kier molecular flexibility index (Phi) is 7.76. The van der Waals surface area contributed by atoms with E-state index in [0.29, 0.717) is 70.1 Å². The monoisotopic (exact) mass is 495 g/mol. The fourth-order valence-corrected chi connectivity index (χ4v) is 5.32. The lowest BCUT2D eigenvalue weighted by atomic mass is 9.81. The van der Waals surface area contributed by atoms with Gasteiger partial charge in [-0.05, 0) is 20.2 Å². The van der Waals surface area contributed by atoms with Gasteiger partial charge in [0.2, 0.25) is 0 Å². The number of ketones is 2. The van der Waals surface area contributed by atoms with Gasteiger partial charge in [0.15, 0.2) is 11.6 Å². The number of amides is 1. The highest BCUT2D eigenvalue weighted by atomic mass is 32.1. The number of likely N-dealkylation sites (N-methyl/N-ethyl adjacent to an activating group) is 2. The Hall–Kier alpha value is -3.31. The summed E-state index contributed by atoms with van der Waals surface area (Å²) in [5, 5.41) is 25.3. The number of anilines is 2. The van der Waals surface area contributed by atoms with E-state index in [9.17, 15) is 14.4 Å².